The van der Waals surface area contributed by atoms with Gasteiger partial charge in [0.05, 0.1) is 30.2 Å². The van der Waals surface area contributed by atoms with Crippen LogP contribution in [0.5, 0.6) is 5.75 Å². The third-order valence-electron chi connectivity index (χ3n) is 4.66. The van der Waals surface area contributed by atoms with Gasteiger partial charge in [-0.1, -0.05) is 6.08 Å². The molecule has 0 spiro atoms. The summed E-state index contributed by atoms with van der Waals surface area (Å²) >= 11 is 0. The maximum absolute atomic E-state index is 13.4. The lowest BCUT2D eigenvalue weighted by Crippen LogP contribution is -2.30. The zero-order valence-corrected chi connectivity index (χ0v) is 19.1. The number of carbonyl (C=O) groups is 1. The van der Waals surface area contributed by atoms with Gasteiger partial charge in [0.2, 0.25) is 10.0 Å². The van der Waals surface area contributed by atoms with E-state index in [2.05, 4.69) is 11.9 Å². The molecule has 3 rings (SSSR count). The summed E-state index contributed by atoms with van der Waals surface area (Å²) < 4.78 is 51.4. The Kier molecular flexibility index (Phi) is 6.59. The van der Waals surface area contributed by atoms with Crippen LogP contribution < -0.4 is 14.4 Å². The van der Waals surface area contributed by atoms with Gasteiger partial charge >= 0.3 is 0 Å². The minimum absolute atomic E-state index is 0.0205. The summed E-state index contributed by atoms with van der Waals surface area (Å²) in [6.45, 7) is 7.28. The fourth-order valence-corrected chi connectivity index (χ4v) is 4.22. The Morgan fingerprint density at radius 2 is 1.94 bits per heavy atom. The van der Waals surface area contributed by atoms with E-state index < -0.39 is 21.7 Å². The second-order valence-electron chi connectivity index (χ2n) is 7.46. The van der Waals surface area contributed by atoms with E-state index in [1.165, 1.54) is 43.5 Å². The molecule has 0 aliphatic carbocycles. The SMILES string of the molecule is C=CCN(c1cc2oc(-c3ccc(F)cc3)c(C(=O)NC)c2cc1OC(C)C)S(C)(=O)=O. The second-order valence-corrected chi connectivity index (χ2v) is 9.36. The molecule has 1 aromatic heterocycles. The maximum atomic E-state index is 13.4. The van der Waals surface area contributed by atoms with Crippen LogP contribution in [-0.2, 0) is 10.0 Å². The number of benzene rings is 2. The first-order valence-corrected chi connectivity index (χ1v) is 11.8. The molecule has 0 fully saturated rings. The van der Waals surface area contributed by atoms with Gasteiger partial charge in [0, 0.05) is 24.1 Å². The fourth-order valence-electron chi connectivity index (χ4n) is 3.34. The monoisotopic (exact) mass is 460 g/mol. The third-order valence-corrected chi connectivity index (χ3v) is 5.80. The smallest absolute Gasteiger partial charge is 0.255 e. The van der Waals surface area contributed by atoms with Crippen molar-refractivity contribution in [1.29, 1.82) is 0 Å². The van der Waals surface area contributed by atoms with Gasteiger partial charge < -0.3 is 14.5 Å². The van der Waals surface area contributed by atoms with Crippen LogP contribution >= 0.6 is 0 Å². The maximum Gasteiger partial charge on any atom is 0.255 e. The number of amides is 1. The first-order chi connectivity index (χ1) is 15.1. The van der Waals surface area contributed by atoms with Crippen molar-refractivity contribution in [2.45, 2.75) is 20.0 Å². The van der Waals surface area contributed by atoms with E-state index in [-0.39, 0.29) is 41.0 Å². The highest BCUT2D eigenvalue weighted by Crippen LogP contribution is 2.41. The van der Waals surface area contributed by atoms with E-state index in [1.54, 1.807) is 6.07 Å². The van der Waals surface area contributed by atoms with Gasteiger partial charge in [0.15, 0.2) is 0 Å². The summed E-state index contributed by atoms with van der Waals surface area (Å²) in [4.78, 5) is 12.8. The number of hydrogen-bond acceptors (Lipinski definition) is 5. The summed E-state index contributed by atoms with van der Waals surface area (Å²) in [6, 6.07) is 8.66. The Bertz CT molecular complexity index is 1260. The quantitative estimate of drug-likeness (QED) is 0.505. The summed E-state index contributed by atoms with van der Waals surface area (Å²) in [5.41, 5.74) is 1.28. The van der Waals surface area contributed by atoms with Gasteiger partial charge in [-0.15, -0.1) is 6.58 Å². The van der Waals surface area contributed by atoms with Crippen molar-refractivity contribution in [3.63, 3.8) is 0 Å². The molecule has 0 atom stereocenters. The van der Waals surface area contributed by atoms with Crippen molar-refractivity contribution >= 4 is 32.6 Å². The number of carbonyl (C=O) groups excluding carboxylic acids is 1. The molecule has 2 aromatic carbocycles. The van der Waals surface area contributed by atoms with E-state index in [9.17, 15) is 17.6 Å². The number of rotatable bonds is 8. The Balaban J connectivity index is 2.37. The number of halogens is 1. The zero-order valence-electron chi connectivity index (χ0n) is 18.3. The number of anilines is 1. The van der Waals surface area contributed by atoms with Gasteiger partial charge in [-0.05, 0) is 44.2 Å². The number of nitrogens with zero attached hydrogens (tertiary/aromatic N) is 1. The average molecular weight is 461 g/mol. The molecule has 0 saturated carbocycles. The molecule has 170 valence electrons. The Hall–Kier alpha value is -3.33. The Labute approximate surface area is 186 Å². The number of ether oxygens (including phenoxy) is 1. The predicted octanol–water partition coefficient (Wildman–Crippen LogP) is 4.34. The molecule has 32 heavy (non-hydrogen) atoms. The van der Waals surface area contributed by atoms with Crippen LogP contribution in [-0.4, -0.2) is 40.3 Å². The van der Waals surface area contributed by atoms with Crippen molar-refractivity contribution in [3.8, 4) is 17.1 Å². The number of sulfonamides is 1. The molecule has 7 nitrogen and oxygen atoms in total. The van der Waals surface area contributed by atoms with Gasteiger partial charge in [0.1, 0.15) is 22.9 Å². The van der Waals surface area contributed by atoms with Gasteiger partial charge in [0.25, 0.3) is 5.91 Å². The zero-order chi connectivity index (χ0) is 23.6. The highest BCUT2D eigenvalue weighted by atomic mass is 32.2. The molecule has 1 amide bonds. The molecule has 0 radical (unpaired) electrons. The van der Waals surface area contributed by atoms with Crippen molar-refractivity contribution in [1.82, 2.24) is 5.32 Å². The van der Waals surface area contributed by atoms with Crippen molar-refractivity contribution < 1.29 is 26.8 Å². The highest BCUT2D eigenvalue weighted by Gasteiger charge is 2.27. The van der Waals surface area contributed by atoms with Crippen LogP contribution in [0.1, 0.15) is 24.2 Å². The number of nitrogens with one attached hydrogen (secondary N) is 1. The highest BCUT2D eigenvalue weighted by molar-refractivity contribution is 7.92. The summed E-state index contributed by atoms with van der Waals surface area (Å²) in [6.07, 6.45) is 2.29. The summed E-state index contributed by atoms with van der Waals surface area (Å²) in [7, 11) is -2.18. The minimum atomic E-state index is -3.67. The first kappa shape index (κ1) is 23.3. The van der Waals surface area contributed by atoms with E-state index >= 15 is 0 Å². The van der Waals surface area contributed by atoms with E-state index in [0.717, 1.165) is 10.6 Å². The summed E-state index contributed by atoms with van der Waals surface area (Å²) in [5, 5.41) is 3.03. The van der Waals surface area contributed by atoms with E-state index in [4.69, 9.17) is 9.15 Å². The van der Waals surface area contributed by atoms with E-state index in [1.807, 2.05) is 13.8 Å². The normalized spacial score (nSPS) is 11.6. The number of hydrogen-bond donors (Lipinski definition) is 1. The molecule has 9 heteroatoms. The topological polar surface area (TPSA) is 88.8 Å². The summed E-state index contributed by atoms with van der Waals surface area (Å²) in [5.74, 6) is -0.315. The van der Waals surface area contributed by atoms with Crippen molar-refractivity contribution in [3.05, 3.63) is 60.4 Å². The number of furan rings is 1. The van der Waals surface area contributed by atoms with Crippen LogP contribution in [0.3, 0.4) is 0 Å². The first-order valence-electron chi connectivity index (χ1n) is 9.90. The molecule has 0 aliphatic rings. The molecular formula is C23H25FN2O5S. The molecule has 0 bridgehead atoms. The molecule has 1 heterocycles. The van der Waals surface area contributed by atoms with Crippen molar-refractivity contribution in [2.75, 3.05) is 24.2 Å². The van der Waals surface area contributed by atoms with Crippen LogP contribution in [0, 0.1) is 5.82 Å². The predicted molar refractivity (Wildman–Crippen MR) is 123 cm³/mol. The fraction of sp³-hybridized carbons (Fsp3) is 0.261. The van der Waals surface area contributed by atoms with Crippen LogP contribution in [0.15, 0.2) is 53.5 Å². The lowest BCUT2D eigenvalue weighted by atomic mass is 10.0. The molecule has 0 saturated heterocycles. The Morgan fingerprint density at radius 3 is 2.47 bits per heavy atom. The lowest BCUT2D eigenvalue weighted by molar-refractivity contribution is 0.0964. The third kappa shape index (κ3) is 4.62. The standard InChI is InChI=1S/C23H25FN2O5S/c1-6-11-26(32(5,28)29)18-13-19-17(12-20(18)30-14(2)3)21(23(27)25-4)22(31-19)15-7-9-16(24)10-8-15/h6-10,12-14H,1,11H2,2-5H3,(H,25,27). The molecule has 3 aromatic rings. The molecule has 1 N–H and O–H groups in total. The largest absolute Gasteiger partial charge is 0.489 e. The molecule has 0 aliphatic heterocycles. The van der Waals surface area contributed by atoms with Crippen LogP contribution in [0.2, 0.25) is 0 Å². The van der Waals surface area contributed by atoms with Crippen molar-refractivity contribution in [2.24, 2.45) is 0 Å². The lowest BCUT2D eigenvalue weighted by Gasteiger charge is -2.24. The van der Waals surface area contributed by atoms with Gasteiger partial charge in [-0.2, -0.15) is 0 Å². The van der Waals surface area contributed by atoms with Gasteiger partial charge in [-0.3, -0.25) is 9.10 Å². The average Bonchev–Trinajstić information content (AvgIpc) is 3.08. The van der Waals surface area contributed by atoms with E-state index in [0.29, 0.717) is 10.9 Å². The van der Waals surface area contributed by atoms with Gasteiger partial charge in [-0.25, -0.2) is 12.8 Å². The molecular weight excluding hydrogens is 435 g/mol. The Morgan fingerprint density at radius 1 is 1.28 bits per heavy atom. The van der Waals surface area contributed by atoms with Crippen LogP contribution in [0.25, 0.3) is 22.3 Å². The second kappa shape index (κ2) is 9.04. The minimum Gasteiger partial charge on any atom is -0.489 e. The van der Waals surface area contributed by atoms with Crippen LogP contribution in [0.4, 0.5) is 10.1 Å². The number of fused-ring (bicyclic) bond motifs is 1. The molecule has 0 unspecified atom stereocenters.